The number of anilines is 1. The molecule has 2 rings (SSSR count). The molecule has 26 heavy (non-hydrogen) atoms. The molecular weight excluding hydrogens is 356 g/mol. The van der Waals surface area contributed by atoms with E-state index in [1.165, 1.54) is 12.0 Å². The van der Waals surface area contributed by atoms with Crippen molar-refractivity contribution in [2.45, 2.75) is 6.92 Å². The topological polar surface area (TPSA) is 67.9 Å². The Balaban J connectivity index is 2.02. The highest BCUT2D eigenvalue weighted by molar-refractivity contribution is 6.30. The average molecular weight is 377 g/mol. The first-order valence-electron chi connectivity index (χ1n) is 8.06. The highest BCUT2D eigenvalue weighted by Crippen LogP contribution is 2.28. The van der Waals surface area contributed by atoms with Crippen molar-refractivity contribution in [1.82, 2.24) is 4.90 Å². The minimum Gasteiger partial charge on any atom is -0.493 e. The first-order chi connectivity index (χ1) is 12.4. The number of benzene rings is 2. The number of likely N-dealkylation sites (N-methyl/N-ethyl adjacent to an activating group) is 1. The van der Waals surface area contributed by atoms with Crippen molar-refractivity contribution in [2.24, 2.45) is 0 Å². The molecule has 0 unspecified atom stereocenters. The van der Waals surface area contributed by atoms with Gasteiger partial charge in [0.25, 0.3) is 5.91 Å². The van der Waals surface area contributed by atoms with Gasteiger partial charge in [0, 0.05) is 23.3 Å². The van der Waals surface area contributed by atoms with Crippen molar-refractivity contribution >= 4 is 29.1 Å². The third kappa shape index (κ3) is 5.13. The molecule has 0 saturated heterocycles. The van der Waals surface area contributed by atoms with Crippen molar-refractivity contribution in [3.63, 3.8) is 0 Å². The van der Waals surface area contributed by atoms with Crippen molar-refractivity contribution in [3.8, 4) is 11.5 Å². The van der Waals surface area contributed by atoms with Crippen molar-refractivity contribution in [3.05, 3.63) is 53.1 Å². The van der Waals surface area contributed by atoms with Crippen LogP contribution in [0.5, 0.6) is 11.5 Å². The molecule has 0 fully saturated rings. The summed E-state index contributed by atoms with van der Waals surface area (Å²) in [5.41, 5.74) is 1.02. The van der Waals surface area contributed by atoms with Crippen LogP contribution in [0, 0.1) is 0 Å². The number of halogens is 1. The highest BCUT2D eigenvalue weighted by Gasteiger charge is 2.17. The minimum atomic E-state index is -0.305. The fraction of sp³-hybridized carbons (Fsp3) is 0.263. The largest absolute Gasteiger partial charge is 0.493 e. The number of carbonyl (C=O) groups excluding carboxylic acids is 2. The monoisotopic (exact) mass is 376 g/mol. The standard InChI is InChI=1S/C19H21ClN2O4/c1-4-26-16-10-5-13(11-17(16)25-3)19(24)22(2)12-18(23)21-15-8-6-14(20)7-9-15/h5-11H,4,12H2,1-3H3,(H,21,23). The molecule has 0 aliphatic rings. The fourth-order valence-corrected chi connectivity index (χ4v) is 2.44. The number of hydrogen-bond acceptors (Lipinski definition) is 4. The van der Waals surface area contributed by atoms with Gasteiger partial charge in [0.1, 0.15) is 0 Å². The quantitative estimate of drug-likeness (QED) is 0.803. The van der Waals surface area contributed by atoms with Crippen LogP contribution in [0.15, 0.2) is 42.5 Å². The molecule has 0 aromatic heterocycles. The lowest BCUT2D eigenvalue weighted by atomic mass is 10.1. The van der Waals surface area contributed by atoms with Crippen LogP contribution in [0.1, 0.15) is 17.3 Å². The first kappa shape index (κ1) is 19.6. The van der Waals surface area contributed by atoms with Crippen molar-refractivity contribution in [2.75, 3.05) is 32.6 Å². The van der Waals surface area contributed by atoms with Crippen molar-refractivity contribution in [1.29, 1.82) is 0 Å². The van der Waals surface area contributed by atoms with E-state index in [-0.39, 0.29) is 18.4 Å². The fourth-order valence-electron chi connectivity index (χ4n) is 2.32. The zero-order valence-corrected chi connectivity index (χ0v) is 15.7. The van der Waals surface area contributed by atoms with E-state index in [4.69, 9.17) is 21.1 Å². The molecule has 0 aliphatic heterocycles. The summed E-state index contributed by atoms with van der Waals surface area (Å²) in [4.78, 5) is 26.0. The van der Waals surface area contributed by atoms with Gasteiger partial charge in [-0.05, 0) is 49.4 Å². The van der Waals surface area contributed by atoms with Gasteiger partial charge in [-0.25, -0.2) is 0 Å². The molecule has 0 heterocycles. The summed E-state index contributed by atoms with van der Waals surface area (Å²) in [6, 6.07) is 11.7. The molecule has 7 heteroatoms. The van der Waals surface area contributed by atoms with E-state index in [1.54, 1.807) is 49.5 Å². The van der Waals surface area contributed by atoms with Gasteiger partial charge in [0.2, 0.25) is 5.91 Å². The van der Waals surface area contributed by atoms with Gasteiger partial charge in [0.15, 0.2) is 11.5 Å². The summed E-state index contributed by atoms with van der Waals surface area (Å²) < 4.78 is 10.7. The van der Waals surface area contributed by atoms with Gasteiger partial charge in [0.05, 0.1) is 20.3 Å². The lowest BCUT2D eigenvalue weighted by molar-refractivity contribution is -0.116. The van der Waals surface area contributed by atoms with E-state index in [1.807, 2.05) is 6.92 Å². The smallest absolute Gasteiger partial charge is 0.254 e. The first-order valence-corrected chi connectivity index (χ1v) is 8.44. The van der Waals surface area contributed by atoms with Gasteiger partial charge < -0.3 is 19.7 Å². The predicted octanol–water partition coefficient (Wildman–Crippen LogP) is 3.46. The van der Waals surface area contributed by atoms with Crippen molar-refractivity contribution < 1.29 is 19.1 Å². The molecule has 0 aliphatic carbocycles. The third-order valence-electron chi connectivity index (χ3n) is 3.57. The van der Waals surface area contributed by atoms with E-state index in [0.717, 1.165) is 0 Å². The normalized spacial score (nSPS) is 10.2. The van der Waals surface area contributed by atoms with Gasteiger partial charge in [-0.3, -0.25) is 9.59 Å². The molecular formula is C19H21ClN2O4. The maximum atomic E-state index is 12.5. The Bertz CT molecular complexity index is 778. The summed E-state index contributed by atoms with van der Waals surface area (Å²) in [5, 5.41) is 3.30. The third-order valence-corrected chi connectivity index (χ3v) is 3.82. The molecule has 2 amide bonds. The van der Waals surface area contributed by atoms with E-state index in [2.05, 4.69) is 5.32 Å². The number of ether oxygens (including phenoxy) is 2. The van der Waals surface area contributed by atoms with Crippen LogP contribution in [0.2, 0.25) is 5.02 Å². The Morgan fingerprint density at radius 2 is 1.81 bits per heavy atom. The molecule has 0 saturated carbocycles. The highest BCUT2D eigenvalue weighted by atomic mass is 35.5. The molecule has 2 aromatic carbocycles. The lowest BCUT2D eigenvalue weighted by Crippen LogP contribution is -2.34. The average Bonchev–Trinajstić information content (AvgIpc) is 2.63. The van der Waals surface area contributed by atoms with Crippen LogP contribution in [0.3, 0.4) is 0 Å². The van der Waals surface area contributed by atoms with Gasteiger partial charge >= 0.3 is 0 Å². The maximum absolute atomic E-state index is 12.5. The number of rotatable bonds is 7. The Hall–Kier alpha value is -2.73. The van der Waals surface area contributed by atoms with E-state index in [9.17, 15) is 9.59 Å². The summed E-state index contributed by atoms with van der Waals surface area (Å²) >= 11 is 5.81. The Labute approximate surface area is 157 Å². The van der Waals surface area contributed by atoms with Crippen LogP contribution < -0.4 is 14.8 Å². The van der Waals surface area contributed by atoms with Crippen LogP contribution in [0.4, 0.5) is 5.69 Å². The molecule has 2 aromatic rings. The number of hydrogen-bond donors (Lipinski definition) is 1. The molecule has 0 atom stereocenters. The second-order valence-corrected chi connectivity index (χ2v) is 5.95. The molecule has 6 nitrogen and oxygen atoms in total. The van der Waals surface area contributed by atoms with E-state index < -0.39 is 0 Å². The van der Waals surface area contributed by atoms with Gasteiger partial charge in [-0.1, -0.05) is 11.6 Å². The Morgan fingerprint density at radius 3 is 2.42 bits per heavy atom. The van der Waals surface area contributed by atoms with E-state index in [0.29, 0.717) is 34.4 Å². The number of nitrogens with zero attached hydrogens (tertiary/aromatic N) is 1. The second kappa shape index (κ2) is 9.10. The summed E-state index contributed by atoms with van der Waals surface area (Å²) in [7, 11) is 3.07. The van der Waals surface area contributed by atoms with Gasteiger partial charge in [-0.2, -0.15) is 0 Å². The summed E-state index contributed by atoms with van der Waals surface area (Å²) in [5.74, 6) is 0.435. The molecule has 0 spiro atoms. The van der Waals surface area contributed by atoms with Gasteiger partial charge in [-0.15, -0.1) is 0 Å². The lowest BCUT2D eigenvalue weighted by Gasteiger charge is -2.18. The maximum Gasteiger partial charge on any atom is 0.254 e. The van der Waals surface area contributed by atoms with Crippen LogP contribution >= 0.6 is 11.6 Å². The predicted molar refractivity (Wildman–Crippen MR) is 101 cm³/mol. The second-order valence-electron chi connectivity index (χ2n) is 5.51. The number of nitrogens with one attached hydrogen (secondary N) is 1. The summed E-state index contributed by atoms with van der Waals surface area (Å²) in [6.45, 7) is 2.27. The zero-order valence-electron chi connectivity index (χ0n) is 14.9. The molecule has 0 bridgehead atoms. The van der Waals surface area contributed by atoms with E-state index >= 15 is 0 Å². The number of amides is 2. The molecule has 1 N–H and O–H groups in total. The molecule has 0 radical (unpaired) electrons. The van der Waals surface area contributed by atoms with Crippen LogP contribution in [0.25, 0.3) is 0 Å². The molecule has 138 valence electrons. The SMILES string of the molecule is CCOc1ccc(C(=O)N(C)CC(=O)Nc2ccc(Cl)cc2)cc1OC. The number of carbonyl (C=O) groups is 2. The Kier molecular flexibility index (Phi) is 6.86. The number of methoxy groups -OCH3 is 1. The van der Waals surface area contributed by atoms with Crippen LogP contribution in [-0.2, 0) is 4.79 Å². The van der Waals surface area contributed by atoms with Crippen LogP contribution in [-0.4, -0.2) is 44.0 Å². The minimum absolute atomic E-state index is 0.0863. The summed E-state index contributed by atoms with van der Waals surface area (Å²) in [6.07, 6.45) is 0. The zero-order chi connectivity index (χ0) is 19.1. The Morgan fingerprint density at radius 1 is 1.12 bits per heavy atom.